The zero-order valence-electron chi connectivity index (χ0n) is 12.7. The molecule has 0 aliphatic carbocycles. The quantitative estimate of drug-likeness (QED) is 0.827. The second-order valence-corrected chi connectivity index (χ2v) is 5.57. The van der Waals surface area contributed by atoms with E-state index in [2.05, 4.69) is 49.6 Å². The van der Waals surface area contributed by atoms with Crippen LogP contribution < -0.4 is 10.6 Å². The predicted molar refractivity (Wildman–Crippen MR) is 80.2 cm³/mol. The molecule has 1 atom stereocenters. The summed E-state index contributed by atoms with van der Waals surface area (Å²) < 4.78 is 0. The normalized spacial score (nSPS) is 12.5. The summed E-state index contributed by atoms with van der Waals surface area (Å²) in [6.07, 6.45) is 0.521. The zero-order valence-corrected chi connectivity index (χ0v) is 12.7. The van der Waals surface area contributed by atoms with Crippen molar-refractivity contribution in [3.05, 3.63) is 34.9 Å². The number of nitrogens with one attached hydrogen (secondary N) is 2. The van der Waals surface area contributed by atoms with Gasteiger partial charge in [0.05, 0.1) is 0 Å². The van der Waals surface area contributed by atoms with Crippen molar-refractivity contribution in [2.75, 3.05) is 6.54 Å². The van der Waals surface area contributed by atoms with Gasteiger partial charge in [0.25, 0.3) is 0 Å². The molecule has 2 N–H and O–H groups in total. The first-order chi connectivity index (χ1) is 8.88. The minimum atomic E-state index is 0.107. The number of carbonyl (C=O) groups is 1. The molecule has 3 heteroatoms. The molecule has 0 spiro atoms. The first-order valence-electron chi connectivity index (χ1n) is 6.99. The van der Waals surface area contributed by atoms with E-state index >= 15 is 0 Å². The molecule has 0 saturated heterocycles. The Morgan fingerprint density at radius 2 is 1.68 bits per heavy atom. The minimum Gasteiger partial charge on any atom is -0.354 e. The van der Waals surface area contributed by atoms with Crippen molar-refractivity contribution in [3.63, 3.8) is 0 Å². The molecule has 0 radical (unpaired) electrons. The SMILES string of the molecule is Cc1cc(C)cc(C(C)NCCC(=O)NC(C)C)c1. The Morgan fingerprint density at radius 1 is 1.11 bits per heavy atom. The van der Waals surface area contributed by atoms with Gasteiger partial charge in [-0.3, -0.25) is 4.79 Å². The summed E-state index contributed by atoms with van der Waals surface area (Å²) in [6, 6.07) is 7.04. The Morgan fingerprint density at radius 3 is 2.21 bits per heavy atom. The van der Waals surface area contributed by atoms with Gasteiger partial charge in [-0.25, -0.2) is 0 Å². The molecule has 19 heavy (non-hydrogen) atoms. The summed E-state index contributed by atoms with van der Waals surface area (Å²) in [4.78, 5) is 11.5. The van der Waals surface area contributed by atoms with Crippen LogP contribution in [0.15, 0.2) is 18.2 Å². The van der Waals surface area contributed by atoms with Crippen LogP contribution in [0.25, 0.3) is 0 Å². The van der Waals surface area contributed by atoms with E-state index < -0.39 is 0 Å². The van der Waals surface area contributed by atoms with Crippen LogP contribution in [0, 0.1) is 13.8 Å². The Kier molecular flexibility index (Phi) is 6.03. The van der Waals surface area contributed by atoms with E-state index in [0.29, 0.717) is 13.0 Å². The van der Waals surface area contributed by atoms with E-state index in [1.54, 1.807) is 0 Å². The van der Waals surface area contributed by atoms with Crippen molar-refractivity contribution in [1.29, 1.82) is 0 Å². The Labute approximate surface area is 116 Å². The first kappa shape index (κ1) is 15.7. The molecule has 1 aromatic carbocycles. The zero-order chi connectivity index (χ0) is 14.4. The monoisotopic (exact) mass is 262 g/mol. The number of hydrogen-bond acceptors (Lipinski definition) is 2. The highest BCUT2D eigenvalue weighted by molar-refractivity contribution is 5.76. The molecule has 0 aromatic heterocycles. The van der Waals surface area contributed by atoms with Crippen LogP contribution in [0.4, 0.5) is 0 Å². The fourth-order valence-corrected chi connectivity index (χ4v) is 2.17. The van der Waals surface area contributed by atoms with Crippen molar-refractivity contribution >= 4 is 5.91 Å². The number of amides is 1. The van der Waals surface area contributed by atoms with Gasteiger partial charge in [-0.05, 0) is 40.2 Å². The highest BCUT2D eigenvalue weighted by atomic mass is 16.1. The molecule has 0 saturated carbocycles. The Hall–Kier alpha value is -1.35. The molecule has 106 valence electrons. The van der Waals surface area contributed by atoms with Gasteiger partial charge in [0.2, 0.25) is 5.91 Å². The van der Waals surface area contributed by atoms with E-state index in [0.717, 1.165) is 0 Å². The molecule has 1 aromatic rings. The van der Waals surface area contributed by atoms with Gasteiger partial charge in [0.15, 0.2) is 0 Å². The number of carbonyl (C=O) groups excluding carboxylic acids is 1. The average Bonchev–Trinajstić information content (AvgIpc) is 2.26. The average molecular weight is 262 g/mol. The molecule has 0 heterocycles. The second-order valence-electron chi connectivity index (χ2n) is 5.57. The lowest BCUT2D eigenvalue weighted by Crippen LogP contribution is -2.33. The number of aryl methyl sites for hydroxylation is 2. The fourth-order valence-electron chi connectivity index (χ4n) is 2.17. The number of benzene rings is 1. The predicted octanol–water partition coefficient (Wildman–Crippen LogP) is 2.87. The minimum absolute atomic E-state index is 0.107. The van der Waals surface area contributed by atoms with Crippen LogP contribution in [0.3, 0.4) is 0 Å². The Balaban J connectivity index is 2.43. The lowest BCUT2D eigenvalue weighted by Gasteiger charge is -2.16. The van der Waals surface area contributed by atoms with E-state index in [1.807, 2.05) is 13.8 Å². The van der Waals surface area contributed by atoms with Crippen molar-refractivity contribution < 1.29 is 4.79 Å². The summed E-state index contributed by atoms with van der Waals surface area (Å²) in [5.41, 5.74) is 3.84. The maximum absolute atomic E-state index is 11.5. The van der Waals surface area contributed by atoms with Crippen molar-refractivity contribution in [2.45, 2.75) is 53.1 Å². The molecule has 1 rings (SSSR count). The smallest absolute Gasteiger partial charge is 0.221 e. The fraction of sp³-hybridized carbons (Fsp3) is 0.562. The summed E-state index contributed by atoms with van der Waals surface area (Å²) in [5, 5.41) is 6.29. The van der Waals surface area contributed by atoms with Gasteiger partial charge in [-0.2, -0.15) is 0 Å². The van der Waals surface area contributed by atoms with Crippen LogP contribution in [-0.4, -0.2) is 18.5 Å². The highest BCUT2D eigenvalue weighted by Crippen LogP contribution is 2.16. The summed E-state index contributed by atoms with van der Waals surface area (Å²) in [7, 11) is 0. The van der Waals surface area contributed by atoms with Gasteiger partial charge in [0.1, 0.15) is 0 Å². The van der Waals surface area contributed by atoms with Crippen molar-refractivity contribution in [1.82, 2.24) is 10.6 Å². The third kappa shape index (κ3) is 5.88. The first-order valence-corrected chi connectivity index (χ1v) is 6.99. The molecule has 0 fully saturated rings. The number of rotatable bonds is 6. The highest BCUT2D eigenvalue weighted by Gasteiger charge is 2.07. The molecular formula is C16H26N2O. The van der Waals surface area contributed by atoms with Gasteiger partial charge in [0, 0.05) is 25.0 Å². The summed E-state index contributed by atoms with van der Waals surface area (Å²) in [5.74, 6) is 0.107. The maximum Gasteiger partial charge on any atom is 0.221 e. The van der Waals surface area contributed by atoms with Crippen LogP contribution >= 0.6 is 0 Å². The van der Waals surface area contributed by atoms with E-state index in [-0.39, 0.29) is 18.0 Å². The van der Waals surface area contributed by atoms with Crippen molar-refractivity contribution in [3.8, 4) is 0 Å². The van der Waals surface area contributed by atoms with Crippen LogP contribution in [0.5, 0.6) is 0 Å². The summed E-state index contributed by atoms with van der Waals surface area (Å²) >= 11 is 0. The largest absolute Gasteiger partial charge is 0.354 e. The van der Waals surface area contributed by atoms with Crippen LogP contribution in [0.2, 0.25) is 0 Å². The second kappa shape index (κ2) is 7.29. The van der Waals surface area contributed by atoms with E-state index in [1.165, 1.54) is 16.7 Å². The van der Waals surface area contributed by atoms with Gasteiger partial charge < -0.3 is 10.6 Å². The van der Waals surface area contributed by atoms with Crippen LogP contribution in [0.1, 0.15) is 49.9 Å². The molecule has 0 bridgehead atoms. The molecule has 1 unspecified atom stereocenters. The van der Waals surface area contributed by atoms with E-state index in [4.69, 9.17) is 0 Å². The third-order valence-corrected chi connectivity index (χ3v) is 3.00. The standard InChI is InChI=1S/C16H26N2O/c1-11(2)18-16(19)6-7-17-14(5)15-9-12(3)8-13(4)10-15/h8-11,14,17H,6-7H2,1-5H3,(H,18,19). The Bertz CT molecular complexity index is 407. The molecular weight excluding hydrogens is 236 g/mol. The molecule has 0 aliphatic heterocycles. The maximum atomic E-state index is 11.5. The molecule has 1 amide bonds. The van der Waals surface area contributed by atoms with E-state index in [9.17, 15) is 4.79 Å². The topological polar surface area (TPSA) is 41.1 Å². The van der Waals surface area contributed by atoms with Crippen molar-refractivity contribution in [2.24, 2.45) is 0 Å². The molecule has 3 nitrogen and oxygen atoms in total. The van der Waals surface area contributed by atoms with Crippen LogP contribution in [-0.2, 0) is 4.79 Å². The lowest BCUT2D eigenvalue weighted by molar-refractivity contribution is -0.121. The van der Waals surface area contributed by atoms with Gasteiger partial charge >= 0.3 is 0 Å². The van der Waals surface area contributed by atoms with Gasteiger partial charge in [-0.15, -0.1) is 0 Å². The lowest BCUT2D eigenvalue weighted by atomic mass is 10.0. The molecule has 0 aliphatic rings. The number of hydrogen-bond donors (Lipinski definition) is 2. The third-order valence-electron chi connectivity index (χ3n) is 3.00. The summed E-state index contributed by atoms with van der Waals surface area (Å²) in [6.45, 7) is 11.0. The van der Waals surface area contributed by atoms with Gasteiger partial charge in [-0.1, -0.05) is 29.3 Å².